The summed E-state index contributed by atoms with van der Waals surface area (Å²) in [6, 6.07) is 15.6. The number of hydrogen-bond acceptors (Lipinski definition) is 1. The maximum absolute atomic E-state index is 12.3. The highest BCUT2D eigenvalue weighted by Crippen LogP contribution is 2.13. The van der Waals surface area contributed by atoms with E-state index in [1.165, 1.54) is 0 Å². The monoisotopic (exact) mass is 209 g/mol. The van der Waals surface area contributed by atoms with Gasteiger partial charge in [0.15, 0.2) is 0 Å². The highest BCUT2D eigenvalue weighted by Gasteiger charge is 2.03. The number of benzene rings is 1. The number of pyridine rings is 2. The topological polar surface area (TPSA) is 21.5 Å². The van der Waals surface area contributed by atoms with Crippen LogP contribution < -0.4 is 5.56 Å². The summed E-state index contributed by atoms with van der Waals surface area (Å²) in [5.41, 5.74) is 1.98. The molecule has 0 aliphatic carbocycles. The molecule has 0 bridgehead atoms. The molecule has 3 aromatic rings. The first kappa shape index (κ1) is 9.16. The van der Waals surface area contributed by atoms with Crippen molar-refractivity contribution in [2.45, 2.75) is 6.92 Å². The van der Waals surface area contributed by atoms with Crippen molar-refractivity contribution in [1.82, 2.24) is 4.40 Å². The van der Waals surface area contributed by atoms with Crippen LogP contribution in [0.1, 0.15) is 5.69 Å². The molecule has 0 saturated carbocycles. The van der Waals surface area contributed by atoms with E-state index in [0.717, 1.165) is 22.0 Å². The average Bonchev–Trinajstić information content (AvgIpc) is 2.29. The van der Waals surface area contributed by atoms with Crippen molar-refractivity contribution in [1.29, 1.82) is 0 Å². The predicted octanol–water partition coefficient (Wildman–Crippen LogP) is 2.76. The van der Waals surface area contributed by atoms with Crippen LogP contribution in [0.25, 0.3) is 16.3 Å². The van der Waals surface area contributed by atoms with Gasteiger partial charge in [-0.05, 0) is 36.6 Å². The third-order valence-corrected chi connectivity index (χ3v) is 2.91. The highest BCUT2D eigenvalue weighted by atomic mass is 16.1. The molecule has 0 aliphatic heterocycles. The van der Waals surface area contributed by atoms with E-state index >= 15 is 0 Å². The number of rotatable bonds is 0. The molecule has 2 heteroatoms. The largest absolute Gasteiger partial charge is 0.281 e. The van der Waals surface area contributed by atoms with Crippen LogP contribution in [0.15, 0.2) is 53.3 Å². The molecular weight excluding hydrogens is 198 g/mol. The minimum Gasteiger partial charge on any atom is -0.281 e. The van der Waals surface area contributed by atoms with Gasteiger partial charge in [-0.3, -0.25) is 9.20 Å². The molecule has 16 heavy (non-hydrogen) atoms. The normalized spacial score (nSPS) is 11.1. The van der Waals surface area contributed by atoms with Gasteiger partial charge < -0.3 is 0 Å². The molecule has 0 radical (unpaired) electrons. The minimum atomic E-state index is 0.0613. The summed E-state index contributed by atoms with van der Waals surface area (Å²) in [6.07, 6.45) is 0. The second kappa shape index (κ2) is 3.20. The molecular formula is C14H11NO. The van der Waals surface area contributed by atoms with Gasteiger partial charge in [0.1, 0.15) is 0 Å². The van der Waals surface area contributed by atoms with Crippen molar-refractivity contribution in [2.75, 3.05) is 0 Å². The predicted molar refractivity (Wildman–Crippen MR) is 65.9 cm³/mol. The van der Waals surface area contributed by atoms with Gasteiger partial charge in [0, 0.05) is 16.6 Å². The van der Waals surface area contributed by atoms with Gasteiger partial charge in [0.05, 0.1) is 0 Å². The molecule has 0 atom stereocenters. The van der Waals surface area contributed by atoms with Crippen LogP contribution in [0.5, 0.6) is 0 Å². The molecule has 2 aromatic heterocycles. The summed E-state index contributed by atoms with van der Waals surface area (Å²) in [5.74, 6) is 0. The average molecular weight is 209 g/mol. The third-order valence-electron chi connectivity index (χ3n) is 2.91. The van der Waals surface area contributed by atoms with E-state index in [1.807, 2.05) is 55.5 Å². The smallest absolute Gasteiger partial charge is 0.263 e. The summed E-state index contributed by atoms with van der Waals surface area (Å²) in [6.45, 7) is 1.95. The molecule has 0 spiro atoms. The van der Waals surface area contributed by atoms with Crippen molar-refractivity contribution < 1.29 is 0 Å². The van der Waals surface area contributed by atoms with Crippen LogP contribution in [0.4, 0.5) is 0 Å². The second-order valence-corrected chi connectivity index (χ2v) is 3.96. The summed E-state index contributed by atoms with van der Waals surface area (Å²) in [4.78, 5) is 12.3. The fourth-order valence-electron chi connectivity index (χ4n) is 2.13. The summed E-state index contributed by atoms with van der Waals surface area (Å²) >= 11 is 0. The van der Waals surface area contributed by atoms with E-state index in [1.54, 1.807) is 4.40 Å². The van der Waals surface area contributed by atoms with E-state index in [4.69, 9.17) is 0 Å². The van der Waals surface area contributed by atoms with Crippen LogP contribution in [-0.2, 0) is 0 Å². The lowest BCUT2D eigenvalue weighted by atomic mass is 10.1. The number of fused-ring (bicyclic) bond motifs is 2. The highest BCUT2D eigenvalue weighted by molar-refractivity contribution is 5.85. The SMILES string of the molecule is Cc1cccc2cc3ccccc3c(=O)n12. The zero-order chi connectivity index (χ0) is 11.1. The van der Waals surface area contributed by atoms with Gasteiger partial charge in [-0.2, -0.15) is 0 Å². The van der Waals surface area contributed by atoms with Gasteiger partial charge in [-0.25, -0.2) is 0 Å². The lowest BCUT2D eigenvalue weighted by Crippen LogP contribution is -2.15. The molecule has 2 nitrogen and oxygen atoms in total. The lowest BCUT2D eigenvalue weighted by Gasteiger charge is -2.06. The fraction of sp³-hybridized carbons (Fsp3) is 0.0714. The maximum Gasteiger partial charge on any atom is 0.263 e. The summed E-state index contributed by atoms with van der Waals surface area (Å²) in [7, 11) is 0. The Morgan fingerprint density at radius 2 is 1.81 bits per heavy atom. The Bertz CT molecular complexity index is 740. The van der Waals surface area contributed by atoms with E-state index in [-0.39, 0.29) is 5.56 Å². The van der Waals surface area contributed by atoms with Crippen molar-refractivity contribution in [3.63, 3.8) is 0 Å². The molecule has 0 N–H and O–H groups in total. The summed E-state index contributed by atoms with van der Waals surface area (Å²) < 4.78 is 1.75. The Morgan fingerprint density at radius 3 is 2.69 bits per heavy atom. The molecule has 0 aliphatic rings. The third kappa shape index (κ3) is 1.16. The van der Waals surface area contributed by atoms with Crippen LogP contribution in [0.2, 0.25) is 0 Å². The Kier molecular flexibility index (Phi) is 1.83. The van der Waals surface area contributed by atoms with Crippen molar-refractivity contribution in [2.24, 2.45) is 0 Å². The second-order valence-electron chi connectivity index (χ2n) is 3.96. The van der Waals surface area contributed by atoms with Crippen LogP contribution >= 0.6 is 0 Å². The van der Waals surface area contributed by atoms with Crippen LogP contribution in [0.3, 0.4) is 0 Å². The summed E-state index contributed by atoms with van der Waals surface area (Å²) in [5, 5.41) is 1.77. The van der Waals surface area contributed by atoms with E-state index in [2.05, 4.69) is 0 Å². The Morgan fingerprint density at radius 1 is 1.00 bits per heavy atom. The molecule has 3 rings (SSSR count). The maximum atomic E-state index is 12.3. The van der Waals surface area contributed by atoms with Crippen molar-refractivity contribution >= 4 is 16.3 Å². The molecule has 0 unspecified atom stereocenters. The molecule has 0 amide bonds. The van der Waals surface area contributed by atoms with Crippen LogP contribution in [0, 0.1) is 6.92 Å². The molecule has 0 saturated heterocycles. The Balaban J connectivity index is 2.67. The Labute approximate surface area is 92.8 Å². The van der Waals surface area contributed by atoms with Gasteiger partial charge in [-0.15, -0.1) is 0 Å². The van der Waals surface area contributed by atoms with Crippen LogP contribution in [-0.4, -0.2) is 4.40 Å². The zero-order valence-electron chi connectivity index (χ0n) is 8.97. The van der Waals surface area contributed by atoms with E-state index in [9.17, 15) is 4.79 Å². The van der Waals surface area contributed by atoms with Crippen molar-refractivity contribution in [3.05, 3.63) is 64.6 Å². The minimum absolute atomic E-state index is 0.0613. The fourth-order valence-corrected chi connectivity index (χ4v) is 2.13. The van der Waals surface area contributed by atoms with Gasteiger partial charge >= 0.3 is 0 Å². The molecule has 1 aromatic carbocycles. The number of nitrogens with zero attached hydrogens (tertiary/aromatic N) is 1. The van der Waals surface area contributed by atoms with E-state index < -0.39 is 0 Å². The van der Waals surface area contributed by atoms with Gasteiger partial charge in [0.2, 0.25) is 0 Å². The Hall–Kier alpha value is -2.09. The first-order chi connectivity index (χ1) is 7.77. The van der Waals surface area contributed by atoms with E-state index in [0.29, 0.717) is 0 Å². The zero-order valence-corrected chi connectivity index (χ0v) is 8.97. The quantitative estimate of drug-likeness (QED) is 0.522. The number of hydrogen-bond donors (Lipinski definition) is 0. The standard InChI is InChI=1S/C14H11NO/c1-10-5-4-7-12-9-11-6-2-3-8-13(11)14(16)15(10)12/h2-9H,1H3. The molecule has 2 heterocycles. The first-order valence-electron chi connectivity index (χ1n) is 5.27. The van der Waals surface area contributed by atoms with Gasteiger partial charge in [0.25, 0.3) is 5.56 Å². The number of aromatic nitrogens is 1. The first-order valence-corrected chi connectivity index (χ1v) is 5.27. The van der Waals surface area contributed by atoms with Gasteiger partial charge in [-0.1, -0.05) is 24.3 Å². The molecule has 78 valence electrons. The number of aryl methyl sites for hydroxylation is 1. The van der Waals surface area contributed by atoms with Crippen molar-refractivity contribution in [3.8, 4) is 0 Å². The lowest BCUT2D eigenvalue weighted by molar-refractivity contribution is 1.04. The molecule has 0 fully saturated rings.